The van der Waals surface area contributed by atoms with Gasteiger partial charge in [-0.3, -0.25) is 4.79 Å². The highest BCUT2D eigenvalue weighted by atomic mass is 16.5. The van der Waals surface area contributed by atoms with Crippen molar-refractivity contribution in [1.29, 1.82) is 0 Å². The highest BCUT2D eigenvalue weighted by Gasteiger charge is 2.40. The average Bonchev–Trinajstić information content (AvgIpc) is 3.25. The van der Waals surface area contributed by atoms with E-state index < -0.39 is 6.04 Å². The number of Topliss-reactive ketones (excluding diaryl/α,β-unsaturated/α-hetero) is 1. The number of phenols is 1. The van der Waals surface area contributed by atoms with Crippen molar-refractivity contribution in [3.63, 3.8) is 0 Å². The molecule has 0 spiro atoms. The van der Waals surface area contributed by atoms with E-state index in [-0.39, 0.29) is 17.5 Å². The van der Waals surface area contributed by atoms with Crippen LogP contribution in [0.25, 0.3) is 0 Å². The first-order valence-electron chi connectivity index (χ1n) is 10.0. The first-order chi connectivity index (χ1) is 15.1. The van der Waals surface area contributed by atoms with E-state index in [9.17, 15) is 9.90 Å². The van der Waals surface area contributed by atoms with E-state index in [4.69, 9.17) is 9.47 Å². The summed E-state index contributed by atoms with van der Waals surface area (Å²) in [4.78, 5) is 17.8. The lowest BCUT2D eigenvalue weighted by atomic mass is 9.77. The zero-order chi connectivity index (χ0) is 21.5. The van der Waals surface area contributed by atoms with Gasteiger partial charge in [0.1, 0.15) is 29.6 Å². The van der Waals surface area contributed by atoms with Crippen molar-refractivity contribution < 1.29 is 19.4 Å². The molecule has 0 fully saturated rings. The monoisotopic (exact) mass is 418 g/mol. The third-order valence-electron chi connectivity index (χ3n) is 5.97. The minimum absolute atomic E-state index is 0.00558. The SMILES string of the molecule is COc1ccc([C@@H]2C3=C(C[C@@H](c4ccccc4O)CC3=O)Nc3ncnn32)c(OC)c1. The summed E-state index contributed by atoms with van der Waals surface area (Å²) in [5, 5.41) is 18.0. The molecule has 0 radical (unpaired) electrons. The van der Waals surface area contributed by atoms with E-state index in [2.05, 4.69) is 15.4 Å². The number of para-hydroxylation sites is 1. The summed E-state index contributed by atoms with van der Waals surface area (Å²) in [6, 6.07) is 12.2. The van der Waals surface area contributed by atoms with Crippen LogP contribution in [0, 0.1) is 0 Å². The Bertz CT molecular complexity index is 1200. The summed E-state index contributed by atoms with van der Waals surface area (Å²) in [5.41, 5.74) is 3.02. The van der Waals surface area contributed by atoms with Crippen molar-refractivity contribution >= 4 is 11.7 Å². The Morgan fingerprint density at radius 3 is 2.71 bits per heavy atom. The van der Waals surface area contributed by atoms with Crippen molar-refractivity contribution in [2.45, 2.75) is 24.8 Å². The number of carbonyl (C=O) groups is 1. The molecule has 158 valence electrons. The zero-order valence-electron chi connectivity index (χ0n) is 17.2. The van der Waals surface area contributed by atoms with Gasteiger partial charge in [0.15, 0.2) is 5.78 Å². The predicted molar refractivity (Wildman–Crippen MR) is 113 cm³/mol. The summed E-state index contributed by atoms with van der Waals surface area (Å²) in [6.07, 6.45) is 2.35. The van der Waals surface area contributed by atoms with Gasteiger partial charge in [-0.2, -0.15) is 10.1 Å². The second-order valence-corrected chi connectivity index (χ2v) is 7.64. The first kappa shape index (κ1) is 19.2. The second kappa shape index (κ2) is 7.46. The van der Waals surface area contributed by atoms with Gasteiger partial charge in [0, 0.05) is 35.2 Å². The number of hydrogen-bond acceptors (Lipinski definition) is 7. The van der Waals surface area contributed by atoms with Gasteiger partial charge in [-0.15, -0.1) is 0 Å². The summed E-state index contributed by atoms with van der Waals surface area (Å²) in [6.45, 7) is 0. The first-order valence-corrected chi connectivity index (χ1v) is 10.0. The van der Waals surface area contributed by atoms with Crippen LogP contribution in [0.5, 0.6) is 17.2 Å². The zero-order valence-corrected chi connectivity index (χ0v) is 17.2. The number of methoxy groups -OCH3 is 2. The molecule has 8 nitrogen and oxygen atoms in total. The van der Waals surface area contributed by atoms with E-state index >= 15 is 0 Å². The maximum Gasteiger partial charge on any atom is 0.226 e. The number of aromatic nitrogens is 3. The van der Waals surface area contributed by atoms with Crippen LogP contribution in [0.1, 0.15) is 35.9 Å². The number of carbonyl (C=O) groups excluding carboxylic acids is 1. The van der Waals surface area contributed by atoms with Crippen LogP contribution >= 0.6 is 0 Å². The average molecular weight is 418 g/mol. The molecule has 3 aromatic rings. The number of nitrogens with zero attached hydrogens (tertiary/aromatic N) is 3. The Balaban J connectivity index is 1.63. The van der Waals surface area contributed by atoms with Gasteiger partial charge in [0.05, 0.1) is 14.2 Å². The molecule has 1 aliphatic carbocycles. The largest absolute Gasteiger partial charge is 0.508 e. The standard InChI is InChI=1S/C23H22N4O4/c1-30-14-7-8-16(20(11-14)31-2)22-21-17(26-23-24-12-25-27(22)23)9-13(10-19(21)29)15-5-3-4-6-18(15)28/h3-8,11-13,22,28H,9-10H2,1-2H3,(H,24,25,26)/t13-,22-/m1/s1. The van der Waals surface area contributed by atoms with Gasteiger partial charge in [-0.1, -0.05) is 18.2 Å². The molecule has 2 N–H and O–H groups in total. The van der Waals surface area contributed by atoms with Gasteiger partial charge >= 0.3 is 0 Å². The number of allylic oxidation sites excluding steroid dienone is 2. The summed E-state index contributed by atoms with van der Waals surface area (Å²) in [7, 11) is 3.19. The predicted octanol–water partition coefficient (Wildman–Crippen LogP) is 3.42. The number of anilines is 1. The third-order valence-corrected chi connectivity index (χ3v) is 5.97. The maximum atomic E-state index is 13.5. The van der Waals surface area contributed by atoms with Crippen LogP contribution in [0.3, 0.4) is 0 Å². The quantitative estimate of drug-likeness (QED) is 0.670. The van der Waals surface area contributed by atoms with Crippen molar-refractivity contribution in [3.05, 3.63) is 71.2 Å². The molecule has 2 aromatic carbocycles. The molecular weight excluding hydrogens is 396 g/mol. The Kier molecular flexibility index (Phi) is 4.62. The Labute approximate surface area is 179 Å². The molecule has 1 aromatic heterocycles. The number of nitrogens with one attached hydrogen (secondary N) is 1. The van der Waals surface area contributed by atoms with E-state index in [1.54, 1.807) is 37.1 Å². The number of hydrogen-bond donors (Lipinski definition) is 2. The smallest absolute Gasteiger partial charge is 0.226 e. The molecule has 0 bridgehead atoms. The minimum atomic E-state index is -0.465. The normalized spacial score (nSPS) is 20.0. The number of fused-ring (bicyclic) bond motifs is 1. The van der Waals surface area contributed by atoms with E-state index in [0.29, 0.717) is 35.9 Å². The molecule has 5 rings (SSSR count). The molecule has 31 heavy (non-hydrogen) atoms. The van der Waals surface area contributed by atoms with Crippen LogP contribution in [0.15, 0.2) is 60.1 Å². The van der Waals surface area contributed by atoms with Gasteiger partial charge in [-0.05, 0) is 30.2 Å². The molecule has 0 unspecified atom stereocenters. The topological polar surface area (TPSA) is 98.5 Å². The molecule has 0 amide bonds. The van der Waals surface area contributed by atoms with Gasteiger partial charge in [0.2, 0.25) is 5.95 Å². The Hall–Kier alpha value is -3.81. The highest BCUT2D eigenvalue weighted by molar-refractivity contribution is 6.00. The number of benzene rings is 2. The maximum absolute atomic E-state index is 13.5. The van der Waals surface area contributed by atoms with Crippen molar-refractivity contribution in [3.8, 4) is 17.2 Å². The molecule has 8 heteroatoms. The minimum Gasteiger partial charge on any atom is -0.508 e. The number of aromatic hydroxyl groups is 1. The summed E-state index contributed by atoms with van der Waals surface area (Å²) >= 11 is 0. The van der Waals surface area contributed by atoms with Gasteiger partial charge in [0.25, 0.3) is 0 Å². The molecular formula is C23H22N4O4. The van der Waals surface area contributed by atoms with Crippen molar-refractivity contribution in [1.82, 2.24) is 14.8 Å². The third kappa shape index (κ3) is 3.11. The summed E-state index contributed by atoms with van der Waals surface area (Å²) < 4.78 is 12.7. The number of ether oxygens (including phenoxy) is 2. The number of rotatable bonds is 4. The fraction of sp³-hybridized carbons (Fsp3) is 0.261. The Morgan fingerprint density at radius 2 is 1.94 bits per heavy atom. The summed E-state index contributed by atoms with van der Waals surface area (Å²) in [5.74, 6) is 1.93. The lowest BCUT2D eigenvalue weighted by Gasteiger charge is -2.35. The fourth-order valence-corrected chi connectivity index (χ4v) is 4.54. The van der Waals surface area contributed by atoms with Gasteiger partial charge < -0.3 is 19.9 Å². The van der Waals surface area contributed by atoms with Crippen LogP contribution in [-0.2, 0) is 4.79 Å². The molecule has 2 heterocycles. The molecule has 0 saturated heterocycles. The number of phenolic OH excluding ortho intramolecular Hbond substituents is 1. The molecule has 2 atom stereocenters. The Morgan fingerprint density at radius 1 is 1.10 bits per heavy atom. The lowest BCUT2D eigenvalue weighted by Crippen LogP contribution is -2.33. The van der Waals surface area contributed by atoms with E-state index in [1.165, 1.54) is 6.33 Å². The fourth-order valence-electron chi connectivity index (χ4n) is 4.54. The van der Waals surface area contributed by atoms with Crippen LogP contribution < -0.4 is 14.8 Å². The highest BCUT2D eigenvalue weighted by Crippen LogP contribution is 2.47. The van der Waals surface area contributed by atoms with E-state index in [1.807, 2.05) is 24.3 Å². The van der Waals surface area contributed by atoms with Crippen LogP contribution in [0.4, 0.5) is 5.95 Å². The van der Waals surface area contributed by atoms with Gasteiger partial charge in [-0.25, -0.2) is 4.68 Å². The second-order valence-electron chi connectivity index (χ2n) is 7.64. The molecule has 2 aliphatic rings. The van der Waals surface area contributed by atoms with Crippen LogP contribution in [0.2, 0.25) is 0 Å². The van der Waals surface area contributed by atoms with Crippen LogP contribution in [-0.4, -0.2) is 39.9 Å². The molecule has 1 aliphatic heterocycles. The van der Waals surface area contributed by atoms with Crippen molar-refractivity contribution in [2.75, 3.05) is 19.5 Å². The number of ketones is 1. The lowest BCUT2D eigenvalue weighted by molar-refractivity contribution is -0.116. The van der Waals surface area contributed by atoms with Crippen molar-refractivity contribution in [2.24, 2.45) is 0 Å². The van der Waals surface area contributed by atoms with E-state index in [0.717, 1.165) is 16.8 Å². The molecule has 0 saturated carbocycles.